The summed E-state index contributed by atoms with van der Waals surface area (Å²) in [6.45, 7) is 4.76. The molecule has 1 N–H and O–H groups in total. The molecule has 140 valence electrons. The number of benzene rings is 2. The van der Waals surface area contributed by atoms with Gasteiger partial charge >= 0.3 is 0 Å². The summed E-state index contributed by atoms with van der Waals surface area (Å²) >= 11 is 0. The maximum absolute atomic E-state index is 12.5. The summed E-state index contributed by atoms with van der Waals surface area (Å²) in [7, 11) is -3.70. The van der Waals surface area contributed by atoms with Crippen molar-refractivity contribution < 1.29 is 8.42 Å². The van der Waals surface area contributed by atoms with Crippen LogP contribution in [0.15, 0.2) is 71.6 Å². The van der Waals surface area contributed by atoms with Crippen molar-refractivity contribution in [3.8, 4) is 0 Å². The maximum Gasteiger partial charge on any atom is 0.263 e. The third-order valence-electron chi connectivity index (χ3n) is 4.19. The van der Waals surface area contributed by atoms with E-state index >= 15 is 0 Å². The molecule has 0 aliphatic carbocycles. The van der Waals surface area contributed by atoms with Crippen LogP contribution in [0.4, 0.5) is 17.3 Å². The Hall–Kier alpha value is -2.93. The molecule has 3 aromatic rings. The minimum Gasteiger partial charge on any atom is -0.325 e. The monoisotopic (exact) mass is 382 g/mol. The van der Waals surface area contributed by atoms with E-state index < -0.39 is 10.0 Å². The number of sulfonamides is 1. The second kappa shape index (κ2) is 8.18. The van der Waals surface area contributed by atoms with Crippen LogP contribution in [0.2, 0.25) is 0 Å². The van der Waals surface area contributed by atoms with Crippen molar-refractivity contribution in [3.05, 3.63) is 72.3 Å². The molecule has 3 rings (SSSR count). The number of nitrogens with one attached hydrogen (secondary N) is 1. The Bertz CT molecular complexity index is 973. The number of para-hydroxylation sites is 1. The highest BCUT2D eigenvalue weighted by molar-refractivity contribution is 7.92. The van der Waals surface area contributed by atoms with Gasteiger partial charge in [-0.2, -0.15) is 0 Å². The molecule has 1 aromatic heterocycles. The number of aromatic nitrogens is 2. The fourth-order valence-corrected chi connectivity index (χ4v) is 3.71. The zero-order valence-electron chi connectivity index (χ0n) is 15.3. The molecule has 7 heteroatoms. The summed E-state index contributed by atoms with van der Waals surface area (Å²) in [5, 5.41) is 8.22. The Labute approximate surface area is 159 Å². The lowest BCUT2D eigenvalue weighted by atomic mass is 10.2. The first-order valence-corrected chi connectivity index (χ1v) is 10.3. The summed E-state index contributed by atoms with van der Waals surface area (Å²) in [4.78, 5) is 2.19. The summed E-state index contributed by atoms with van der Waals surface area (Å²) in [6, 6.07) is 20.0. The summed E-state index contributed by atoms with van der Waals surface area (Å²) in [5.74, 6) is 0.835. The predicted octanol–water partition coefficient (Wildman–Crippen LogP) is 4.00. The second-order valence-electron chi connectivity index (χ2n) is 5.96. The summed E-state index contributed by atoms with van der Waals surface area (Å²) < 4.78 is 27.5. The molecule has 0 amide bonds. The summed E-state index contributed by atoms with van der Waals surface area (Å²) in [6.07, 6.45) is 0.857. The second-order valence-corrected chi connectivity index (χ2v) is 7.64. The number of aryl methyl sites for hydroxylation is 1. The quantitative estimate of drug-likeness (QED) is 0.668. The van der Waals surface area contributed by atoms with Gasteiger partial charge in [0.05, 0.1) is 4.90 Å². The first-order chi connectivity index (χ1) is 13.0. The van der Waals surface area contributed by atoms with Crippen LogP contribution in [0.3, 0.4) is 0 Å². The Balaban J connectivity index is 1.78. The van der Waals surface area contributed by atoms with Gasteiger partial charge in [-0.25, -0.2) is 8.42 Å². The van der Waals surface area contributed by atoms with E-state index in [1.54, 1.807) is 24.3 Å². The van der Waals surface area contributed by atoms with Crippen LogP contribution in [-0.4, -0.2) is 25.2 Å². The highest BCUT2D eigenvalue weighted by atomic mass is 32.2. The minimum atomic E-state index is -3.70. The SMILES string of the molecule is CCc1ccc(S(=O)(=O)Nc2ccc(N(CC)c3ccccc3)nn2)cc1. The minimum absolute atomic E-state index is 0.183. The molecule has 0 saturated heterocycles. The van der Waals surface area contributed by atoms with Crippen LogP contribution in [0.25, 0.3) is 0 Å². The van der Waals surface area contributed by atoms with Gasteiger partial charge in [-0.15, -0.1) is 10.2 Å². The Morgan fingerprint density at radius 2 is 1.59 bits per heavy atom. The zero-order valence-corrected chi connectivity index (χ0v) is 16.1. The normalized spacial score (nSPS) is 11.2. The number of hydrogen-bond acceptors (Lipinski definition) is 5. The van der Waals surface area contributed by atoms with Crippen molar-refractivity contribution in [2.24, 2.45) is 0 Å². The largest absolute Gasteiger partial charge is 0.325 e. The van der Waals surface area contributed by atoms with Gasteiger partial charge in [0.25, 0.3) is 10.0 Å². The average molecular weight is 382 g/mol. The van der Waals surface area contributed by atoms with E-state index in [0.717, 1.165) is 17.7 Å². The Morgan fingerprint density at radius 3 is 2.15 bits per heavy atom. The van der Waals surface area contributed by atoms with Gasteiger partial charge in [0.1, 0.15) is 0 Å². The van der Waals surface area contributed by atoms with E-state index in [1.807, 2.05) is 61.2 Å². The molecule has 0 aliphatic rings. The lowest BCUT2D eigenvalue weighted by Crippen LogP contribution is -2.19. The molecule has 0 saturated carbocycles. The van der Waals surface area contributed by atoms with Gasteiger partial charge in [-0.3, -0.25) is 4.72 Å². The number of rotatable bonds is 7. The zero-order chi connectivity index (χ0) is 19.3. The first kappa shape index (κ1) is 18.8. The molecule has 6 nitrogen and oxygen atoms in total. The molecule has 0 aliphatic heterocycles. The molecular formula is C20H22N4O2S. The fourth-order valence-electron chi connectivity index (χ4n) is 2.71. The molecule has 2 aromatic carbocycles. The molecular weight excluding hydrogens is 360 g/mol. The van der Waals surface area contributed by atoms with Gasteiger partial charge in [0, 0.05) is 12.2 Å². The van der Waals surface area contributed by atoms with E-state index in [-0.39, 0.29) is 10.7 Å². The number of nitrogens with zero attached hydrogens (tertiary/aromatic N) is 3. The average Bonchev–Trinajstić information content (AvgIpc) is 2.70. The van der Waals surface area contributed by atoms with Gasteiger partial charge in [-0.05, 0) is 55.3 Å². The van der Waals surface area contributed by atoms with Crippen molar-refractivity contribution in [3.63, 3.8) is 0 Å². The summed E-state index contributed by atoms with van der Waals surface area (Å²) in [5.41, 5.74) is 2.08. The molecule has 0 bridgehead atoms. The maximum atomic E-state index is 12.5. The highest BCUT2D eigenvalue weighted by Crippen LogP contribution is 2.23. The van der Waals surface area contributed by atoms with Crippen molar-refractivity contribution in [1.82, 2.24) is 10.2 Å². The molecule has 1 heterocycles. The number of hydrogen-bond donors (Lipinski definition) is 1. The van der Waals surface area contributed by atoms with Crippen molar-refractivity contribution in [2.45, 2.75) is 25.2 Å². The van der Waals surface area contributed by atoms with E-state index in [4.69, 9.17) is 0 Å². The van der Waals surface area contributed by atoms with Crippen LogP contribution in [0, 0.1) is 0 Å². The molecule has 27 heavy (non-hydrogen) atoms. The van der Waals surface area contributed by atoms with E-state index in [1.165, 1.54) is 0 Å². The van der Waals surface area contributed by atoms with Crippen LogP contribution in [-0.2, 0) is 16.4 Å². The highest BCUT2D eigenvalue weighted by Gasteiger charge is 2.16. The molecule has 0 fully saturated rings. The van der Waals surface area contributed by atoms with E-state index in [9.17, 15) is 8.42 Å². The third kappa shape index (κ3) is 4.43. The van der Waals surface area contributed by atoms with E-state index in [2.05, 4.69) is 14.9 Å². The van der Waals surface area contributed by atoms with E-state index in [0.29, 0.717) is 12.4 Å². The fraction of sp³-hybridized carbons (Fsp3) is 0.200. The Kier molecular flexibility index (Phi) is 5.71. The van der Waals surface area contributed by atoms with Gasteiger partial charge in [0.2, 0.25) is 0 Å². The van der Waals surface area contributed by atoms with Crippen molar-refractivity contribution in [2.75, 3.05) is 16.2 Å². The molecule has 0 atom stereocenters. The topological polar surface area (TPSA) is 75.2 Å². The van der Waals surface area contributed by atoms with Gasteiger partial charge < -0.3 is 4.90 Å². The molecule has 0 radical (unpaired) electrons. The first-order valence-electron chi connectivity index (χ1n) is 8.81. The predicted molar refractivity (Wildman–Crippen MR) is 108 cm³/mol. The van der Waals surface area contributed by atoms with Crippen LogP contribution in [0.1, 0.15) is 19.4 Å². The molecule has 0 unspecified atom stereocenters. The van der Waals surface area contributed by atoms with Crippen molar-refractivity contribution >= 4 is 27.3 Å². The third-order valence-corrected chi connectivity index (χ3v) is 5.56. The van der Waals surface area contributed by atoms with Gasteiger partial charge in [-0.1, -0.05) is 37.3 Å². The standard InChI is InChI=1S/C20H22N4O2S/c1-3-16-10-12-18(13-11-16)27(25,26)23-19-14-15-20(22-21-19)24(4-2)17-8-6-5-7-9-17/h5-15H,3-4H2,1-2H3,(H,21,23). The van der Waals surface area contributed by atoms with Crippen LogP contribution >= 0.6 is 0 Å². The smallest absolute Gasteiger partial charge is 0.263 e. The number of anilines is 3. The van der Waals surface area contributed by atoms with Crippen LogP contribution < -0.4 is 9.62 Å². The van der Waals surface area contributed by atoms with Crippen LogP contribution in [0.5, 0.6) is 0 Å². The molecule has 0 spiro atoms. The lowest BCUT2D eigenvalue weighted by molar-refractivity contribution is 0.601. The lowest BCUT2D eigenvalue weighted by Gasteiger charge is -2.21. The van der Waals surface area contributed by atoms with Crippen molar-refractivity contribution in [1.29, 1.82) is 0 Å². The Morgan fingerprint density at radius 1 is 0.889 bits per heavy atom. The van der Waals surface area contributed by atoms with Gasteiger partial charge in [0.15, 0.2) is 11.6 Å².